The summed E-state index contributed by atoms with van der Waals surface area (Å²) in [6.45, 7) is 2.94. The van der Waals surface area contributed by atoms with Crippen molar-refractivity contribution in [2.75, 3.05) is 6.54 Å². The first-order chi connectivity index (χ1) is 13.0. The van der Waals surface area contributed by atoms with Gasteiger partial charge in [-0.2, -0.15) is 5.10 Å². The van der Waals surface area contributed by atoms with Crippen LogP contribution in [0.5, 0.6) is 5.75 Å². The maximum atomic E-state index is 12.7. The number of carbonyl (C=O) groups is 2. The van der Waals surface area contributed by atoms with Gasteiger partial charge in [0.05, 0.1) is 21.6 Å². The van der Waals surface area contributed by atoms with E-state index >= 15 is 0 Å². The molecule has 0 spiro atoms. The lowest BCUT2D eigenvalue weighted by Gasteiger charge is -2.10. The van der Waals surface area contributed by atoms with Crippen LogP contribution in [0.25, 0.3) is 10.9 Å². The van der Waals surface area contributed by atoms with Crippen molar-refractivity contribution in [2.24, 2.45) is 7.05 Å². The Morgan fingerprint density at radius 1 is 1.48 bits per heavy atom. The van der Waals surface area contributed by atoms with Gasteiger partial charge >= 0.3 is 0 Å². The predicted octanol–water partition coefficient (Wildman–Crippen LogP) is 1.54. The van der Waals surface area contributed by atoms with Gasteiger partial charge in [-0.1, -0.05) is 0 Å². The highest BCUT2D eigenvalue weighted by Crippen LogP contribution is 2.25. The summed E-state index contributed by atoms with van der Waals surface area (Å²) in [5.41, 5.74) is 3.85. The molecule has 27 heavy (non-hydrogen) atoms. The van der Waals surface area contributed by atoms with Gasteiger partial charge in [-0.05, 0) is 31.5 Å². The summed E-state index contributed by atoms with van der Waals surface area (Å²) >= 11 is 1.55. The molecule has 1 saturated heterocycles. The van der Waals surface area contributed by atoms with E-state index in [1.807, 2.05) is 25.1 Å². The number of nitrogens with one attached hydrogen (secondary N) is 2. The average molecular weight is 385 g/mol. The second kappa shape index (κ2) is 6.99. The summed E-state index contributed by atoms with van der Waals surface area (Å²) in [5, 5.41) is 10.6. The number of fused-ring (bicyclic) bond motifs is 1. The molecule has 9 heteroatoms. The third kappa shape index (κ3) is 3.37. The van der Waals surface area contributed by atoms with Crippen LogP contribution in [0.15, 0.2) is 23.7 Å². The van der Waals surface area contributed by atoms with Gasteiger partial charge in [-0.3, -0.25) is 14.3 Å². The molecule has 0 radical (unpaired) electrons. The number of carbonyl (C=O) groups excluding carboxylic acids is 2. The van der Waals surface area contributed by atoms with Crippen molar-refractivity contribution in [1.82, 2.24) is 25.4 Å². The first-order valence-corrected chi connectivity index (χ1v) is 9.48. The van der Waals surface area contributed by atoms with Gasteiger partial charge in [0.25, 0.3) is 5.91 Å². The molecule has 1 aliphatic rings. The molecule has 8 nitrogen and oxygen atoms in total. The van der Waals surface area contributed by atoms with Gasteiger partial charge in [0.1, 0.15) is 24.1 Å². The summed E-state index contributed by atoms with van der Waals surface area (Å²) in [4.78, 5) is 29.8. The van der Waals surface area contributed by atoms with Crippen LogP contribution in [-0.2, 0) is 18.4 Å². The minimum absolute atomic E-state index is 0.154. The molecule has 2 amide bonds. The number of hydrogen-bond acceptors (Lipinski definition) is 6. The molecular formula is C18H19N5O3S. The van der Waals surface area contributed by atoms with Crippen molar-refractivity contribution in [2.45, 2.75) is 26.0 Å². The zero-order chi connectivity index (χ0) is 19.0. The van der Waals surface area contributed by atoms with E-state index in [0.29, 0.717) is 41.9 Å². The Morgan fingerprint density at radius 3 is 3.04 bits per heavy atom. The molecule has 2 aromatic heterocycles. The van der Waals surface area contributed by atoms with E-state index in [9.17, 15) is 9.59 Å². The van der Waals surface area contributed by atoms with Gasteiger partial charge in [0, 0.05) is 19.0 Å². The van der Waals surface area contributed by atoms with E-state index in [1.165, 1.54) is 4.68 Å². The van der Waals surface area contributed by atoms with Crippen LogP contribution in [0.2, 0.25) is 0 Å². The number of thiazole rings is 1. The first-order valence-electron chi connectivity index (χ1n) is 8.60. The van der Waals surface area contributed by atoms with E-state index in [4.69, 9.17) is 4.74 Å². The standard InChI is InChI=1S/C18H19N5O3S/c1-10-15(27-9-20-10)8-26-11-3-4-13-12(7-11)16(23(2)22-13)18(25)21-14-5-6-19-17(14)24/h3-4,7,9,14H,5-6,8H2,1-2H3,(H,19,24)(H,21,25). The maximum absolute atomic E-state index is 12.7. The van der Waals surface area contributed by atoms with Crippen molar-refractivity contribution < 1.29 is 14.3 Å². The molecule has 0 aliphatic carbocycles. The molecule has 3 aromatic rings. The Hall–Kier alpha value is -2.94. The Kier molecular flexibility index (Phi) is 4.53. The van der Waals surface area contributed by atoms with E-state index in [0.717, 1.165) is 10.6 Å². The molecular weight excluding hydrogens is 366 g/mol. The lowest BCUT2D eigenvalue weighted by molar-refractivity contribution is -0.120. The fourth-order valence-electron chi connectivity index (χ4n) is 3.11. The SMILES string of the molecule is Cc1ncsc1COc1ccc2nn(C)c(C(=O)NC3CCNC3=O)c2c1. The van der Waals surface area contributed by atoms with Gasteiger partial charge in [0.15, 0.2) is 0 Å². The largest absolute Gasteiger partial charge is 0.488 e. The van der Waals surface area contributed by atoms with Gasteiger partial charge in [-0.25, -0.2) is 4.98 Å². The topological polar surface area (TPSA) is 98.1 Å². The molecule has 0 saturated carbocycles. The van der Waals surface area contributed by atoms with Crippen molar-refractivity contribution in [3.63, 3.8) is 0 Å². The molecule has 2 N–H and O–H groups in total. The van der Waals surface area contributed by atoms with E-state index in [2.05, 4.69) is 20.7 Å². The fraction of sp³-hybridized carbons (Fsp3) is 0.333. The molecule has 1 aromatic carbocycles. The third-order valence-electron chi connectivity index (χ3n) is 4.59. The summed E-state index contributed by atoms with van der Waals surface area (Å²) in [5.74, 6) is 0.173. The minimum atomic E-state index is -0.504. The number of benzene rings is 1. The molecule has 0 bridgehead atoms. The zero-order valence-electron chi connectivity index (χ0n) is 15.0. The normalized spacial score (nSPS) is 16.5. The van der Waals surface area contributed by atoms with E-state index in [-0.39, 0.29) is 11.8 Å². The summed E-state index contributed by atoms with van der Waals surface area (Å²) < 4.78 is 7.40. The van der Waals surface area contributed by atoms with E-state index < -0.39 is 6.04 Å². The number of nitrogens with zero attached hydrogens (tertiary/aromatic N) is 3. The van der Waals surface area contributed by atoms with Crippen LogP contribution < -0.4 is 15.4 Å². The lowest BCUT2D eigenvalue weighted by Crippen LogP contribution is -2.40. The molecule has 1 aliphatic heterocycles. The fourth-order valence-corrected chi connectivity index (χ4v) is 3.80. The molecule has 3 heterocycles. The number of ether oxygens (including phenoxy) is 1. The lowest BCUT2D eigenvalue weighted by atomic mass is 10.1. The molecule has 1 atom stereocenters. The molecule has 1 unspecified atom stereocenters. The number of amides is 2. The van der Waals surface area contributed by atoms with Gasteiger partial charge in [0.2, 0.25) is 5.91 Å². The van der Waals surface area contributed by atoms with Crippen molar-refractivity contribution >= 4 is 34.1 Å². The average Bonchev–Trinajstić information content (AvgIpc) is 3.31. The van der Waals surface area contributed by atoms with E-state index in [1.54, 1.807) is 23.9 Å². The molecule has 4 rings (SSSR count). The first kappa shape index (κ1) is 17.5. The second-order valence-electron chi connectivity index (χ2n) is 6.41. The van der Waals surface area contributed by atoms with Gasteiger partial charge in [-0.15, -0.1) is 11.3 Å². The number of aromatic nitrogens is 3. The highest BCUT2D eigenvalue weighted by atomic mass is 32.1. The monoisotopic (exact) mass is 385 g/mol. The number of aryl methyl sites for hydroxylation is 2. The molecule has 1 fully saturated rings. The van der Waals surface area contributed by atoms with Crippen LogP contribution in [-0.4, -0.2) is 39.2 Å². The van der Waals surface area contributed by atoms with Gasteiger partial charge < -0.3 is 15.4 Å². The van der Waals surface area contributed by atoms with Crippen LogP contribution >= 0.6 is 11.3 Å². The summed E-state index contributed by atoms with van der Waals surface area (Å²) in [6.07, 6.45) is 0.586. The van der Waals surface area contributed by atoms with Crippen LogP contribution in [0, 0.1) is 6.92 Å². The Balaban J connectivity index is 1.58. The Morgan fingerprint density at radius 2 is 2.33 bits per heavy atom. The zero-order valence-corrected chi connectivity index (χ0v) is 15.8. The smallest absolute Gasteiger partial charge is 0.270 e. The van der Waals surface area contributed by atoms with Crippen molar-refractivity contribution in [3.8, 4) is 5.75 Å². The Labute approximate surface area is 159 Å². The highest BCUT2D eigenvalue weighted by Gasteiger charge is 2.28. The maximum Gasteiger partial charge on any atom is 0.270 e. The predicted molar refractivity (Wildman–Crippen MR) is 101 cm³/mol. The molecule has 140 valence electrons. The van der Waals surface area contributed by atoms with Crippen LogP contribution in [0.4, 0.5) is 0 Å². The number of hydrogen-bond donors (Lipinski definition) is 2. The van der Waals surface area contributed by atoms with Crippen molar-refractivity contribution in [3.05, 3.63) is 40.0 Å². The Bertz CT molecular complexity index is 1030. The second-order valence-corrected chi connectivity index (χ2v) is 7.35. The van der Waals surface area contributed by atoms with Crippen LogP contribution in [0.1, 0.15) is 27.5 Å². The summed E-state index contributed by atoms with van der Waals surface area (Å²) in [6, 6.07) is 4.96. The summed E-state index contributed by atoms with van der Waals surface area (Å²) in [7, 11) is 1.71. The third-order valence-corrected chi connectivity index (χ3v) is 5.50. The minimum Gasteiger partial charge on any atom is -0.488 e. The quantitative estimate of drug-likeness (QED) is 0.694. The van der Waals surface area contributed by atoms with Crippen LogP contribution in [0.3, 0.4) is 0 Å². The number of rotatable bonds is 5. The highest BCUT2D eigenvalue weighted by molar-refractivity contribution is 7.09. The van der Waals surface area contributed by atoms with Crippen molar-refractivity contribution in [1.29, 1.82) is 0 Å².